The van der Waals surface area contributed by atoms with Gasteiger partial charge in [0, 0.05) is 48.4 Å². The van der Waals surface area contributed by atoms with Crippen molar-refractivity contribution in [3.05, 3.63) is 52.6 Å². The molecule has 0 spiro atoms. The number of methoxy groups -OCH3 is 1. The van der Waals surface area contributed by atoms with Crippen molar-refractivity contribution >= 4 is 34.9 Å². The lowest BCUT2D eigenvalue weighted by molar-refractivity contribution is -0.137. The number of amidine groups is 1. The Hall–Kier alpha value is -2.64. The van der Waals surface area contributed by atoms with Crippen LogP contribution in [-0.2, 0) is 14.3 Å². The third kappa shape index (κ3) is 9.93. The Morgan fingerprint density at radius 3 is 2.46 bits per heavy atom. The number of rotatable bonds is 20. The summed E-state index contributed by atoms with van der Waals surface area (Å²) in [7, 11) is 1.78. The number of hydrazone groups is 1. The lowest BCUT2D eigenvalue weighted by Gasteiger charge is -2.36. The first-order chi connectivity index (χ1) is 22.1. The molecule has 0 amide bonds. The fourth-order valence-electron chi connectivity index (χ4n) is 7.48. The molecule has 1 aromatic carbocycles. The zero-order valence-electron chi connectivity index (χ0n) is 29.2. The standard InChI is InChI=1S/C38H58ClN3O4/c1-8-12-28(17-23-36(44)45)16-18-29(10-3)35(43)22-19-30(13-9-2)38-41-40-27(6)42(38)34-21-20-31(39)24-33(34)26(5)32-15-11-14-25(4)37(32)46-7/h11,14-15,20-21,24,26-30,32,37,40H,8-10,12-13,16-19,22-23H2,1-7H3,(H,44,45). The first-order valence-corrected chi connectivity index (χ1v) is 18.0. The second kappa shape index (κ2) is 18.6. The highest BCUT2D eigenvalue weighted by Crippen LogP contribution is 2.41. The first-order valence-electron chi connectivity index (χ1n) is 17.6. The van der Waals surface area contributed by atoms with E-state index in [1.807, 2.05) is 6.07 Å². The molecule has 0 aromatic heterocycles. The van der Waals surface area contributed by atoms with Crippen LogP contribution < -0.4 is 10.3 Å². The predicted octanol–water partition coefficient (Wildman–Crippen LogP) is 9.51. The Kier molecular flexibility index (Phi) is 15.3. The highest BCUT2D eigenvalue weighted by Gasteiger charge is 2.36. The molecule has 46 heavy (non-hydrogen) atoms. The second-order valence-electron chi connectivity index (χ2n) is 13.4. The van der Waals surface area contributed by atoms with E-state index in [0.717, 1.165) is 68.5 Å². The number of anilines is 1. The number of carbonyl (C=O) groups is 2. The van der Waals surface area contributed by atoms with Crippen molar-refractivity contribution in [1.82, 2.24) is 5.43 Å². The van der Waals surface area contributed by atoms with Crippen LogP contribution in [0.2, 0.25) is 5.02 Å². The minimum atomic E-state index is -0.740. The number of carboxylic acids is 1. The van der Waals surface area contributed by atoms with Crippen molar-refractivity contribution in [2.24, 2.45) is 28.8 Å². The summed E-state index contributed by atoms with van der Waals surface area (Å²) in [6, 6.07) is 6.16. The Bertz CT molecular complexity index is 1240. The van der Waals surface area contributed by atoms with Gasteiger partial charge in [0.2, 0.25) is 0 Å². The van der Waals surface area contributed by atoms with Gasteiger partial charge in [-0.25, -0.2) is 0 Å². The number of ether oxygens (including phenoxy) is 1. The first kappa shape index (κ1) is 37.8. The number of Topliss-reactive ketones (excluding diaryl/α,β-unsaturated/α-hetero) is 1. The molecule has 7 nitrogen and oxygen atoms in total. The van der Waals surface area contributed by atoms with Crippen molar-refractivity contribution in [1.29, 1.82) is 0 Å². The van der Waals surface area contributed by atoms with E-state index in [1.54, 1.807) is 7.11 Å². The third-order valence-corrected chi connectivity index (χ3v) is 10.4. The van der Waals surface area contributed by atoms with Gasteiger partial charge < -0.3 is 14.7 Å². The van der Waals surface area contributed by atoms with Crippen LogP contribution in [0, 0.1) is 23.7 Å². The number of allylic oxidation sites excluding steroid dienone is 2. The fraction of sp³-hybridized carbons (Fsp3) is 0.658. The van der Waals surface area contributed by atoms with Gasteiger partial charge in [0.1, 0.15) is 17.8 Å². The minimum Gasteiger partial charge on any atom is -0.481 e. The maximum Gasteiger partial charge on any atom is 0.303 e. The molecular weight excluding hydrogens is 598 g/mol. The van der Waals surface area contributed by atoms with E-state index in [4.69, 9.17) is 26.5 Å². The van der Waals surface area contributed by atoms with Gasteiger partial charge >= 0.3 is 5.97 Å². The van der Waals surface area contributed by atoms with E-state index in [2.05, 4.69) is 82.2 Å². The van der Waals surface area contributed by atoms with Crippen molar-refractivity contribution in [2.75, 3.05) is 12.0 Å². The number of carboxylic acid groups (broad SMARTS) is 1. The summed E-state index contributed by atoms with van der Waals surface area (Å²) in [6.07, 6.45) is 15.2. The molecule has 2 N–H and O–H groups in total. The maximum absolute atomic E-state index is 13.6. The maximum atomic E-state index is 13.6. The molecule has 1 aromatic rings. The van der Waals surface area contributed by atoms with Crippen molar-refractivity contribution < 1.29 is 19.4 Å². The molecule has 0 bridgehead atoms. The fourth-order valence-corrected chi connectivity index (χ4v) is 7.66. The molecule has 3 rings (SSSR count). The molecule has 1 heterocycles. The van der Waals surface area contributed by atoms with Crippen LogP contribution in [0.1, 0.15) is 124 Å². The molecule has 0 radical (unpaired) electrons. The number of nitrogens with one attached hydrogen (secondary N) is 1. The van der Waals surface area contributed by atoms with Gasteiger partial charge in [0.05, 0.1) is 6.10 Å². The highest BCUT2D eigenvalue weighted by molar-refractivity contribution is 6.30. The molecular formula is C38H58ClN3O4. The second-order valence-corrected chi connectivity index (χ2v) is 13.9. The molecule has 2 aliphatic rings. The number of halogens is 1. The van der Waals surface area contributed by atoms with Crippen LogP contribution in [0.25, 0.3) is 0 Å². The molecule has 256 valence electrons. The number of hydrogen-bond acceptors (Lipinski definition) is 6. The molecule has 7 atom stereocenters. The van der Waals surface area contributed by atoms with Gasteiger partial charge in [-0.05, 0) is 93.5 Å². The van der Waals surface area contributed by atoms with E-state index >= 15 is 0 Å². The average Bonchev–Trinajstić information content (AvgIpc) is 3.41. The Morgan fingerprint density at radius 2 is 1.80 bits per heavy atom. The molecule has 1 aliphatic carbocycles. The van der Waals surface area contributed by atoms with Crippen LogP contribution in [-0.4, -0.2) is 42.1 Å². The zero-order chi connectivity index (χ0) is 33.8. The Labute approximate surface area is 282 Å². The molecule has 7 unspecified atom stereocenters. The van der Waals surface area contributed by atoms with Crippen LogP contribution >= 0.6 is 11.6 Å². The molecule has 0 saturated heterocycles. The monoisotopic (exact) mass is 655 g/mol. The Morgan fingerprint density at radius 1 is 1.07 bits per heavy atom. The Balaban J connectivity index is 1.79. The van der Waals surface area contributed by atoms with Crippen LogP contribution in [0.5, 0.6) is 0 Å². The normalized spacial score (nSPS) is 22.1. The summed E-state index contributed by atoms with van der Waals surface area (Å²) in [5.74, 6) is 1.38. The number of hydrogen-bond donors (Lipinski definition) is 2. The lowest BCUT2D eigenvalue weighted by atomic mass is 9.78. The third-order valence-electron chi connectivity index (χ3n) is 10.1. The molecule has 8 heteroatoms. The van der Waals surface area contributed by atoms with Crippen LogP contribution in [0.3, 0.4) is 0 Å². The summed E-state index contributed by atoms with van der Waals surface area (Å²) >= 11 is 6.62. The summed E-state index contributed by atoms with van der Waals surface area (Å²) in [4.78, 5) is 27.1. The van der Waals surface area contributed by atoms with Gasteiger partial charge in [-0.15, -0.1) is 0 Å². The summed E-state index contributed by atoms with van der Waals surface area (Å²) in [6.45, 7) is 12.9. The van der Waals surface area contributed by atoms with Crippen LogP contribution in [0.15, 0.2) is 47.1 Å². The van der Waals surface area contributed by atoms with Crippen molar-refractivity contribution in [3.63, 3.8) is 0 Å². The number of benzene rings is 1. The number of aliphatic carboxylic acids is 1. The lowest BCUT2D eigenvalue weighted by Crippen LogP contribution is -2.42. The topological polar surface area (TPSA) is 91.2 Å². The highest BCUT2D eigenvalue weighted by atomic mass is 35.5. The van der Waals surface area contributed by atoms with Crippen molar-refractivity contribution in [3.8, 4) is 0 Å². The van der Waals surface area contributed by atoms with E-state index in [9.17, 15) is 9.59 Å². The molecule has 0 saturated carbocycles. The number of carbonyl (C=O) groups excluding carboxylic acids is 1. The van der Waals surface area contributed by atoms with Gasteiger partial charge in [-0.2, -0.15) is 5.10 Å². The molecule has 1 aliphatic heterocycles. The predicted molar refractivity (Wildman–Crippen MR) is 190 cm³/mol. The van der Waals surface area contributed by atoms with Crippen LogP contribution in [0.4, 0.5) is 5.69 Å². The van der Waals surface area contributed by atoms with Gasteiger partial charge in [-0.3, -0.25) is 15.0 Å². The SMILES string of the molecule is CCCC(CCC(=O)O)CCC(CC)C(=O)CCC(CCC)C1=NNC(C)N1c1ccc(Cl)cc1C(C)C1C=CC=C(C)C1OC. The smallest absolute Gasteiger partial charge is 0.303 e. The summed E-state index contributed by atoms with van der Waals surface area (Å²) in [5, 5.41) is 14.7. The quantitative estimate of drug-likeness (QED) is 0.145. The van der Waals surface area contributed by atoms with E-state index < -0.39 is 5.97 Å². The van der Waals surface area contributed by atoms with Gasteiger partial charge in [-0.1, -0.05) is 76.8 Å². The number of ketones is 1. The largest absolute Gasteiger partial charge is 0.481 e. The summed E-state index contributed by atoms with van der Waals surface area (Å²) in [5.41, 5.74) is 6.79. The zero-order valence-corrected chi connectivity index (χ0v) is 30.0. The van der Waals surface area contributed by atoms with E-state index in [0.29, 0.717) is 29.6 Å². The van der Waals surface area contributed by atoms with E-state index in [-0.39, 0.29) is 42.4 Å². The minimum absolute atomic E-state index is 0.00567. The molecule has 0 fully saturated rings. The van der Waals surface area contributed by atoms with Crippen molar-refractivity contribution in [2.45, 2.75) is 130 Å². The van der Waals surface area contributed by atoms with E-state index in [1.165, 1.54) is 5.57 Å². The van der Waals surface area contributed by atoms with Gasteiger partial charge in [0.25, 0.3) is 0 Å². The summed E-state index contributed by atoms with van der Waals surface area (Å²) < 4.78 is 5.96. The average molecular weight is 656 g/mol. The number of nitrogens with zero attached hydrogens (tertiary/aromatic N) is 2. The van der Waals surface area contributed by atoms with Gasteiger partial charge in [0.15, 0.2) is 0 Å².